The summed E-state index contributed by atoms with van der Waals surface area (Å²) < 4.78 is 27.2. The maximum Gasteiger partial charge on any atom is 0.212 e. The van der Waals surface area contributed by atoms with Gasteiger partial charge in [0.25, 0.3) is 0 Å². The molecule has 0 aliphatic carbocycles. The summed E-state index contributed by atoms with van der Waals surface area (Å²) in [5.74, 6) is 1.03. The third kappa shape index (κ3) is 6.53. The minimum absolute atomic E-state index is 0.131. The first-order chi connectivity index (χ1) is 9.30. The van der Waals surface area contributed by atoms with Crippen molar-refractivity contribution in [1.29, 1.82) is 0 Å². The fraction of sp³-hybridized carbons (Fsp3) is 0.625. The Morgan fingerprint density at radius 3 is 2.10 bits per heavy atom. The molecule has 20 heavy (non-hydrogen) atoms. The van der Waals surface area contributed by atoms with Crippen molar-refractivity contribution >= 4 is 10.0 Å². The molecule has 1 unspecified atom stereocenters. The highest BCUT2D eigenvalue weighted by Gasteiger charge is 2.20. The third-order valence-corrected chi connectivity index (χ3v) is 4.61. The maximum atomic E-state index is 12.2. The Balaban J connectivity index is 2.80. The van der Waals surface area contributed by atoms with Gasteiger partial charge in [-0.2, -0.15) is 0 Å². The predicted octanol–water partition coefficient (Wildman–Crippen LogP) is 3.74. The van der Waals surface area contributed by atoms with Crippen LogP contribution < -0.4 is 4.72 Å². The van der Waals surface area contributed by atoms with Crippen LogP contribution in [0.2, 0.25) is 0 Å². The van der Waals surface area contributed by atoms with E-state index >= 15 is 0 Å². The van der Waals surface area contributed by atoms with Crippen LogP contribution in [0.1, 0.15) is 52.1 Å². The zero-order chi connectivity index (χ0) is 15.2. The first-order valence-electron chi connectivity index (χ1n) is 7.35. The minimum Gasteiger partial charge on any atom is -0.212 e. The van der Waals surface area contributed by atoms with Gasteiger partial charge in [0, 0.05) is 6.04 Å². The van der Waals surface area contributed by atoms with Crippen molar-refractivity contribution < 1.29 is 8.42 Å². The van der Waals surface area contributed by atoms with Gasteiger partial charge >= 0.3 is 0 Å². The first-order valence-corrected chi connectivity index (χ1v) is 9.00. The molecule has 1 atom stereocenters. The van der Waals surface area contributed by atoms with E-state index in [2.05, 4.69) is 18.6 Å². The van der Waals surface area contributed by atoms with Crippen LogP contribution in [-0.4, -0.2) is 14.2 Å². The van der Waals surface area contributed by atoms with Gasteiger partial charge in [-0.1, -0.05) is 58.0 Å². The number of benzene rings is 1. The summed E-state index contributed by atoms with van der Waals surface area (Å²) in [6.07, 6.45) is 1.50. The van der Waals surface area contributed by atoms with E-state index in [1.165, 1.54) is 0 Å². The van der Waals surface area contributed by atoms with Crippen molar-refractivity contribution in [1.82, 2.24) is 4.72 Å². The van der Waals surface area contributed by atoms with Gasteiger partial charge < -0.3 is 0 Å². The van der Waals surface area contributed by atoms with Crippen molar-refractivity contribution in [3.8, 4) is 0 Å². The van der Waals surface area contributed by atoms with Crippen molar-refractivity contribution in [3.63, 3.8) is 0 Å². The summed E-state index contributed by atoms with van der Waals surface area (Å²) in [4.78, 5) is 0. The zero-order valence-electron chi connectivity index (χ0n) is 13.0. The first kappa shape index (κ1) is 17.2. The molecule has 4 heteroatoms. The van der Waals surface area contributed by atoms with E-state index < -0.39 is 10.0 Å². The molecule has 0 aromatic heterocycles. The van der Waals surface area contributed by atoms with Crippen molar-refractivity contribution in [2.24, 2.45) is 11.8 Å². The van der Waals surface area contributed by atoms with E-state index in [0.29, 0.717) is 18.3 Å². The second-order valence-electron chi connectivity index (χ2n) is 6.21. The number of nitrogens with one attached hydrogen (secondary N) is 1. The lowest BCUT2D eigenvalue weighted by atomic mass is 9.98. The van der Waals surface area contributed by atoms with Gasteiger partial charge in [-0.15, -0.1) is 0 Å². The van der Waals surface area contributed by atoms with Crippen molar-refractivity contribution in [3.05, 3.63) is 35.9 Å². The second kappa shape index (κ2) is 7.79. The number of sulfonamides is 1. The maximum absolute atomic E-state index is 12.2. The Morgan fingerprint density at radius 1 is 1.00 bits per heavy atom. The molecule has 0 bridgehead atoms. The van der Waals surface area contributed by atoms with Crippen LogP contribution in [0.15, 0.2) is 30.3 Å². The molecular weight excluding hydrogens is 270 g/mol. The fourth-order valence-corrected chi connectivity index (χ4v) is 3.64. The molecule has 0 saturated heterocycles. The highest BCUT2D eigenvalue weighted by molar-refractivity contribution is 7.89. The molecule has 0 radical (unpaired) electrons. The third-order valence-electron chi connectivity index (χ3n) is 3.19. The van der Waals surface area contributed by atoms with Gasteiger partial charge in [0.15, 0.2) is 0 Å². The zero-order valence-corrected chi connectivity index (χ0v) is 13.8. The van der Waals surface area contributed by atoms with E-state index in [4.69, 9.17) is 0 Å². The molecule has 0 spiro atoms. The molecule has 0 aliphatic heterocycles. The number of rotatable bonds is 8. The van der Waals surface area contributed by atoms with Crippen LogP contribution in [0.25, 0.3) is 0 Å². The molecule has 0 saturated carbocycles. The standard InChI is InChI=1S/C16H27NO2S/c1-13(2)10-11-20(18,19)17-16(12-14(3)4)15-8-6-5-7-9-15/h5-9,13-14,16-17H,10-12H2,1-4H3. The van der Waals surface area contributed by atoms with Crippen LogP contribution >= 0.6 is 0 Å². The molecule has 1 aromatic rings. The quantitative estimate of drug-likeness (QED) is 0.794. The fourth-order valence-electron chi connectivity index (χ4n) is 2.08. The number of hydrogen-bond acceptors (Lipinski definition) is 2. The lowest BCUT2D eigenvalue weighted by Gasteiger charge is -2.21. The molecule has 0 amide bonds. The topological polar surface area (TPSA) is 46.2 Å². The summed E-state index contributed by atoms with van der Waals surface area (Å²) >= 11 is 0. The van der Waals surface area contributed by atoms with Gasteiger partial charge in [0.05, 0.1) is 5.75 Å². The molecule has 1 aromatic carbocycles. The molecule has 0 fully saturated rings. The van der Waals surface area contributed by atoms with Gasteiger partial charge in [-0.25, -0.2) is 13.1 Å². The monoisotopic (exact) mass is 297 g/mol. The summed E-state index contributed by atoms with van der Waals surface area (Å²) in [6.45, 7) is 8.30. The normalized spacial score (nSPS) is 13.9. The predicted molar refractivity (Wildman–Crippen MR) is 85.0 cm³/mol. The van der Waals surface area contributed by atoms with Gasteiger partial charge in [-0.3, -0.25) is 0 Å². The van der Waals surface area contributed by atoms with Crippen LogP contribution in [0.5, 0.6) is 0 Å². The molecule has 3 nitrogen and oxygen atoms in total. The Hall–Kier alpha value is -0.870. The molecule has 114 valence electrons. The number of hydrogen-bond donors (Lipinski definition) is 1. The Kier molecular flexibility index (Phi) is 6.69. The SMILES string of the molecule is CC(C)CCS(=O)(=O)NC(CC(C)C)c1ccccc1. The highest BCUT2D eigenvalue weighted by Crippen LogP contribution is 2.22. The van der Waals surface area contributed by atoms with Crippen LogP contribution in [0, 0.1) is 11.8 Å². The Morgan fingerprint density at radius 2 is 1.60 bits per heavy atom. The van der Waals surface area contributed by atoms with Gasteiger partial charge in [0.1, 0.15) is 0 Å². The average Bonchev–Trinajstić information content (AvgIpc) is 2.36. The summed E-state index contributed by atoms with van der Waals surface area (Å²) in [5.41, 5.74) is 1.04. The van der Waals surface area contributed by atoms with E-state index in [1.807, 2.05) is 44.2 Å². The van der Waals surface area contributed by atoms with E-state index in [0.717, 1.165) is 12.0 Å². The molecule has 1 N–H and O–H groups in total. The summed E-state index contributed by atoms with van der Waals surface area (Å²) in [7, 11) is -3.22. The van der Waals surface area contributed by atoms with E-state index in [1.54, 1.807) is 0 Å². The van der Waals surface area contributed by atoms with Gasteiger partial charge in [-0.05, 0) is 30.2 Å². The second-order valence-corrected chi connectivity index (χ2v) is 8.09. The summed E-state index contributed by atoms with van der Waals surface area (Å²) in [6, 6.07) is 9.68. The Labute approximate surface area is 123 Å². The molecule has 0 heterocycles. The lowest BCUT2D eigenvalue weighted by molar-refractivity contribution is 0.470. The minimum atomic E-state index is -3.22. The molecule has 1 rings (SSSR count). The van der Waals surface area contributed by atoms with Crippen molar-refractivity contribution in [2.45, 2.75) is 46.6 Å². The largest absolute Gasteiger partial charge is 0.212 e. The van der Waals surface area contributed by atoms with Crippen LogP contribution in [0.4, 0.5) is 0 Å². The van der Waals surface area contributed by atoms with E-state index in [9.17, 15) is 8.42 Å². The summed E-state index contributed by atoms with van der Waals surface area (Å²) in [5, 5.41) is 0. The van der Waals surface area contributed by atoms with Crippen LogP contribution in [-0.2, 0) is 10.0 Å². The Bertz CT molecular complexity index is 480. The van der Waals surface area contributed by atoms with Gasteiger partial charge in [0.2, 0.25) is 10.0 Å². The molecule has 0 aliphatic rings. The van der Waals surface area contributed by atoms with Crippen molar-refractivity contribution in [2.75, 3.05) is 5.75 Å². The molecular formula is C16H27NO2S. The average molecular weight is 297 g/mol. The van der Waals surface area contributed by atoms with E-state index in [-0.39, 0.29) is 11.8 Å². The smallest absolute Gasteiger partial charge is 0.212 e. The van der Waals surface area contributed by atoms with Crippen LogP contribution in [0.3, 0.4) is 0 Å². The highest BCUT2D eigenvalue weighted by atomic mass is 32.2. The lowest BCUT2D eigenvalue weighted by Crippen LogP contribution is -2.32.